The fourth-order valence-corrected chi connectivity index (χ4v) is 1.88. The van der Waals surface area contributed by atoms with E-state index in [-0.39, 0.29) is 5.91 Å². The summed E-state index contributed by atoms with van der Waals surface area (Å²) in [7, 11) is 0. The molecule has 2 aromatic rings. The molecule has 4 nitrogen and oxygen atoms in total. The number of carbonyl (C=O) groups is 1. The predicted molar refractivity (Wildman–Crippen MR) is 76.5 cm³/mol. The Hall–Kier alpha value is -1.94. The van der Waals surface area contributed by atoms with Gasteiger partial charge in [-0.15, -0.1) is 0 Å². The number of hydrogen-bond acceptors (Lipinski definition) is 3. The molecule has 0 bridgehead atoms. The van der Waals surface area contributed by atoms with E-state index in [9.17, 15) is 4.79 Å². The molecule has 1 aromatic carbocycles. The van der Waals surface area contributed by atoms with Crippen molar-refractivity contribution >= 4 is 28.9 Å². The van der Waals surface area contributed by atoms with Crippen LogP contribution in [0.15, 0.2) is 34.7 Å². The average molecular weight is 279 g/mol. The monoisotopic (exact) mass is 278 g/mol. The van der Waals surface area contributed by atoms with Crippen molar-refractivity contribution in [1.82, 2.24) is 0 Å². The summed E-state index contributed by atoms with van der Waals surface area (Å²) in [6, 6.07) is 9.23. The SMILES string of the molecule is CC(=O)Nc1ccc(C)c(NCc2ccc(Cl)o2)c1. The quantitative estimate of drug-likeness (QED) is 0.894. The molecule has 0 fully saturated rings. The first-order valence-electron chi connectivity index (χ1n) is 5.91. The standard InChI is InChI=1S/C14H15ClN2O2/c1-9-3-4-11(17-10(2)18)7-13(9)16-8-12-5-6-14(15)19-12/h3-7,16H,8H2,1-2H3,(H,17,18). The van der Waals surface area contributed by atoms with Gasteiger partial charge in [-0.1, -0.05) is 6.07 Å². The zero-order valence-corrected chi connectivity index (χ0v) is 11.5. The average Bonchev–Trinajstić information content (AvgIpc) is 2.75. The van der Waals surface area contributed by atoms with Gasteiger partial charge in [0.25, 0.3) is 0 Å². The van der Waals surface area contributed by atoms with E-state index in [4.69, 9.17) is 16.0 Å². The van der Waals surface area contributed by atoms with Crippen LogP contribution in [0.4, 0.5) is 11.4 Å². The number of furan rings is 1. The van der Waals surface area contributed by atoms with E-state index in [1.165, 1.54) is 6.92 Å². The first kappa shape index (κ1) is 13.5. The predicted octanol–water partition coefficient (Wildman–Crippen LogP) is 3.81. The smallest absolute Gasteiger partial charge is 0.221 e. The van der Waals surface area contributed by atoms with Gasteiger partial charge in [-0.25, -0.2) is 0 Å². The highest BCUT2D eigenvalue weighted by molar-refractivity contribution is 6.28. The van der Waals surface area contributed by atoms with Crippen LogP contribution in [0.25, 0.3) is 0 Å². The van der Waals surface area contributed by atoms with Crippen LogP contribution in [0.2, 0.25) is 5.22 Å². The number of halogens is 1. The minimum absolute atomic E-state index is 0.0902. The summed E-state index contributed by atoms with van der Waals surface area (Å²) in [5, 5.41) is 6.38. The Bertz CT molecular complexity index is 593. The molecule has 0 aliphatic carbocycles. The molecule has 2 N–H and O–H groups in total. The van der Waals surface area contributed by atoms with Gasteiger partial charge in [-0.05, 0) is 48.4 Å². The third kappa shape index (κ3) is 3.76. The van der Waals surface area contributed by atoms with Crippen molar-refractivity contribution in [2.24, 2.45) is 0 Å². The lowest BCUT2D eigenvalue weighted by molar-refractivity contribution is -0.114. The van der Waals surface area contributed by atoms with E-state index in [0.29, 0.717) is 11.8 Å². The minimum atomic E-state index is -0.0902. The molecule has 0 aliphatic rings. The molecule has 0 saturated carbocycles. The number of rotatable bonds is 4. The summed E-state index contributed by atoms with van der Waals surface area (Å²) in [6.45, 7) is 4.02. The van der Waals surface area contributed by atoms with Crippen LogP contribution in [0.3, 0.4) is 0 Å². The molecule has 0 aliphatic heterocycles. The number of aryl methyl sites for hydroxylation is 1. The number of nitrogens with one attached hydrogen (secondary N) is 2. The number of benzene rings is 1. The van der Waals surface area contributed by atoms with Gasteiger partial charge in [0, 0.05) is 18.3 Å². The minimum Gasteiger partial charge on any atom is -0.448 e. The molecular formula is C14H15ClN2O2. The van der Waals surface area contributed by atoms with Crippen molar-refractivity contribution < 1.29 is 9.21 Å². The fraction of sp³-hybridized carbons (Fsp3) is 0.214. The van der Waals surface area contributed by atoms with Crippen LogP contribution in [-0.4, -0.2) is 5.91 Å². The Balaban J connectivity index is 2.08. The third-order valence-electron chi connectivity index (χ3n) is 2.64. The Morgan fingerprint density at radius 1 is 1.32 bits per heavy atom. The molecule has 1 heterocycles. The van der Waals surface area contributed by atoms with E-state index in [2.05, 4.69) is 10.6 Å². The number of anilines is 2. The zero-order valence-electron chi connectivity index (χ0n) is 10.8. The summed E-state index contributed by atoms with van der Waals surface area (Å²) in [4.78, 5) is 11.0. The van der Waals surface area contributed by atoms with Gasteiger partial charge in [0.15, 0.2) is 5.22 Å². The van der Waals surface area contributed by atoms with Gasteiger partial charge >= 0.3 is 0 Å². The summed E-state index contributed by atoms with van der Waals surface area (Å²) < 4.78 is 5.27. The molecular weight excluding hydrogens is 264 g/mol. The molecule has 1 amide bonds. The Labute approximate surface area is 116 Å². The van der Waals surface area contributed by atoms with Crippen molar-refractivity contribution in [1.29, 1.82) is 0 Å². The molecule has 0 radical (unpaired) electrons. The first-order valence-corrected chi connectivity index (χ1v) is 6.29. The van der Waals surface area contributed by atoms with Crippen LogP contribution >= 0.6 is 11.6 Å². The summed E-state index contributed by atoms with van der Waals surface area (Å²) in [5.41, 5.74) is 2.80. The maximum absolute atomic E-state index is 11.0. The third-order valence-corrected chi connectivity index (χ3v) is 2.84. The van der Waals surface area contributed by atoms with E-state index in [1.807, 2.05) is 31.2 Å². The number of amides is 1. The Kier molecular flexibility index (Phi) is 4.12. The second kappa shape index (κ2) is 5.80. The lowest BCUT2D eigenvalue weighted by atomic mass is 10.1. The zero-order chi connectivity index (χ0) is 13.8. The van der Waals surface area contributed by atoms with Crippen molar-refractivity contribution in [3.8, 4) is 0 Å². The topological polar surface area (TPSA) is 54.3 Å². The Morgan fingerprint density at radius 2 is 2.11 bits per heavy atom. The summed E-state index contributed by atoms with van der Waals surface area (Å²) in [6.07, 6.45) is 0. The maximum Gasteiger partial charge on any atom is 0.221 e. The van der Waals surface area contributed by atoms with Crippen LogP contribution in [0.1, 0.15) is 18.2 Å². The van der Waals surface area contributed by atoms with E-state index < -0.39 is 0 Å². The van der Waals surface area contributed by atoms with Crippen LogP contribution < -0.4 is 10.6 Å². The van der Waals surface area contributed by atoms with Crippen molar-refractivity contribution in [2.45, 2.75) is 20.4 Å². The normalized spacial score (nSPS) is 10.3. The molecule has 2 rings (SSSR count). The molecule has 0 spiro atoms. The highest BCUT2D eigenvalue weighted by atomic mass is 35.5. The van der Waals surface area contributed by atoms with Crippen molar-refractivity contribution in [3.63, 3.8) is 0 Å². The van der Waals surface area contributed by atoms with Gasteiger partial charge in [-0.2, -0.15) is 0 Å². The van der Waals surface area contributed by atoms with E-state index in [1.54, 1.807) is 6.07 Å². The van der Waals surface area contributed by atoms with Gasteiger partial charge in [-0.3, -0.25) is 4.79 Å². The molecule has 19 heavy (non-hydrogen) atoms. The van der Waals surface area contributed by atoms with Gasteiger partial charge in [0.05, 0.1) is 6.54 Å². The molecule has 0 atom stereocenters. The molecule has 5 heteroatoms. The Morgan fingerprint density at radius 3 is 2.74 bits per heavy atom. The lowest BCUT2D eigenvalue weighted by Crippen LogP contribution is -2.07. The summed E-state index contributed by atoms with van der Waals surface area (Å²) in [5.74, 6) is 0.668. The number of hydrogen-bond donors (Lipinski definition) is 2. The molecule has 100 valence electrons. The van der Waals surface area contributed by atoms with E-state index >= 15 is 0 Å². The van der Waals surface area contributed by atoms with Crippen molar-refractivity contribution in [2.75, 3.05) is 10.6 Å². The van der Waals surface area contributed by atoms with Crippen LogP contribution in [-0.2, 0) is 11.3 Å². The first-order chi connectivity index (χ1) is 9.04. The highest BCUT2D eigenvalue weighted by Crippen LogP contribution is 2.22. The molecule has 0 unspecified atom stereocenters. The largest absolute Gasteiger partial charge is 0.448 e. The van der Waals surface area contributed by atoms with Gasteiger partial charge < -0.3 is 15.1 Å². The highest BCUT2D eigenvalue weighted by Gasteiger charge is 2.04. The number of carbonyl (C=O) groups excluding carboxylic acids is 1. The van der Waals surface area contributed by atoms with Gasteiger partial charge in [0.1, 0.15) is 5.76 Å². The second-order valence-electron chi connectivity index (χ2n) is 4.27. The maximum atomic E-state index is 11.0. The second-order valence-corrected chi connectivity index (χ2v) is 4.64. The van der Waals surface area contributed by atoms with Crippen LogP contribution in [0, 0.1) is 6.92 Å². The molecule has 0 saturated heterocycles. The molecule has 1 aromatic heterocycles. The van der Waals surface area contributed by atoms with E-state index in [0.717, 1.165) is 22.7 Å². The van der Waals surface area contributed by atoms with Gasteiger partial charge in [0.2, 0.25) is 5.91 Å². The van der Waals surface area contributed by atoms with Crippen LogP contribution in [0.5, 0.6) is 0 Å². The fourth-order valence-electron chi connectivity index (χ4n) is 1.72. The lowest BCUT2D eigenvalue weighted by Gasteiger charge is -2.11. The summed E-state index contributed by atoms with van der Waals surface area (Å²) >= 11 is 5.71. The van der Waals surface area contributed by atoms with Crippen molar-refractivity contribution in [3.05, 3.63) is 46.9 Å².